The molecule has 1 amide bonds. The lowest BCUT2D eigenvalue weighted by atomic mass is 10.3. The third-order valence-electron chi connectivity index (χ3n) is 4.02. The van der Waals surface area contributed by atoms with E-state index in [2.05, 4.69) is 4.98 Å². The van der Waals surface area contributed by atoms with Gasteiger partial charge in [0.1, 0.15) is 12.4 Å². The predicted octanol–water partition coefficient (Wildman–Crippen LogP) is 0.138. The van der Waals surface area contributed by atoms with Crippen LogP contribution in [0.1, 0.15) is 12.2 Å². The van der Waals surface area contributed by atoms with Crippen molar-refractivity contribution in [3.63, 3.8) is 0 Å². The van der Waals surface area contributed by atoms with Crippen molar-refractivity contribution in [3.05, 3.63) is 30.1 Å². The summed E-state index contributed by atoms with van der Waals surface area (Å²) in [6, 6.07) is 7.61. The Kier molecular flexibility index (Phi) is 4.90. The zero-order valence-corrected chi connectivity index (χ0v) is 12.9. The molecule has 0 bridgehead atoms. The van der Waals surface area contributed by atoms with E-state index in [1.807, 2.05) is 28.8 Å². The number of ether oxygens (including phenoxy) is 1. The van der Waals surface area contributed by atoms with Crippen molar-refractivity contribution in [2.45, 2.75) is 25.7 Å². The number of carbonyl (C=O) groups is 1. The van der Waals surface area contributed by atoms with Gasteiger partial charge in [-0.3, -0.25) is 4.79 Å². The molecule has 2 aromatic rings. The van der Waals surface area contributed by atoms with E-state index in [9.17, 15) is 15.0 Å². The minimum atomic E-state index is -0.636. The maximum absolute atomic E-state index is 12.4. The third kappa shape index (κ3) is 3.52. The fraction of sp³-hybridized carbons (Fsp3) is 0.500. The molecule has 1 aromatic heterocycles. The van der Waals surface area contributed by atoms with Crippen LogP contribution in [0.3, 0.4) is 0 Å². The van der Waals surface area contributed by atoms with Gasteiger partial charge in [-0.2, -0.15) is 0 Å². The Labute approximate surface area is 134 Å². The number of rotatable bonds is 4. The smallest absolute Gasteiger partial charge is 0.224 e. The first-order valence-electron chi connectivity index (χ1n) is 7.77. The summed E-state index contributed by atoms with van der Waals surface area (Å²) in [6.45, 7) is 1.79. The van der Waals surface area contributed by atoms with E-state index in [4.69, 9.17) is 4.74 Å². The number of imidazole rings is 1. The van der Waals surface area contributed by atoms with E-state index in [1.165, 1.54) is 0 Å². The van der Waals surface area contributed by atoms with Gasteiger partial charge in [0.2, 0.25) is 5.91 Å². The highest BCUT2D eigenvalue weighted by molar-refractivity contribution is 5.78. The minimum absolute atomic E-state index is 0.0313. The van der Waals surface area contributed by atoms with Crippen LogP contribution in [-0.4, -0.2) is 63.0 Å². The molecule has 2 heterocycles. The molecule has 1 saturated heterocycles. The molecule has 1 aromatic carbocycles. The molecule has 0 aliphatic carbocycles. The molecule has 1 atom stereocenters. The van der Waals surface area contributed by atoms with E-state index >= 15 is 0 Å². The number of hydrogen-bond donors (Lipinski definition) is 2. The van der Waals surface area contributed by atoms with Crippen molar-refractivity contribution in [3.8, 4) is 0 Å². The quantitative estimate of drug-likeness (QED) is 0.837. The van der Waals surface area contributed by atoms with Gasteiger partial charge in [0.25, 0.3) is 0 Å². The summed E-state index contributed by atoms with van der Waals surface area (Å²) >= 11 is 0. The van der Waals surface area contributed by atoms with Gasteiger partial charge in [-0.15, -0.1) is 0 Å². The molecule has 1 aliphatic rings. The van der Waals surface area contributed by atoms with Gasteiger partial charge in [-0.1, -0.05) is 12.1 Å². The number of β-amino-alcohol motifs (C(OH)–C–C–N with tert-alkyl or cyclic N) is 1. The van der Waals surface area contributed by atoms with Crippen LogP contribution < -0.4 is 0 Å². The SMILES string of the molecule is O=C(CCn1c(CO)nc2ccccc21)N1CCOC[C@@H](O)C1. The highest BCUT2D eigenvalue weighted by Gasteiger charge is 2.21. The number of aromatic nitrogens is 2. The predicted molar refractivity (Wildman–Crippen MR) is 83.7 cm³/mol. The first kappa shape index (κ1) is 15.9. The van der Waals surface area contributed by atoms with Crippen LogP contribution in [0.4, 0.5) is 0 Å². The van der Waals surface area contributed by atoms with Gasteiger partial charge in [0.15, 0.2) is 0 Å². The normalized spacial score (nSPS) is 19.0. The maximum atomic E-state index is 12.4. The second kappa shape index (κ2) is 7.08. The molecular weight excluding hydrogens is 298 g/mol. The van der Waals surface area contributed by atoms with E-state index in [1.54, 1.807) is 4.90 Å². The number of carbonyl (C=O) groups excluding carboxylic acids is 1. The molecule has 2 N–H and O–H groups in total. The monoisotopic (exact) mass is 319 g/mol. The van der Waals surface area contributed by atoms with Gasteiger partial charge in [-0.05, 0) is 12.1 Å². The number of fused-ring (bicyclic) bond motifs is 1. The largest absolute Gasteiger partial charge is 0.389 e. The van der Waals surface area contributed by atoms with Crippen LogP contribution in [0.2, 0.25) is 0 Å². The Hall–Kier alpha value is -1.96. The molecule has 7 nitrogen and oxygen atoms in total. The van der Waals surface area contributed by atoms with E-state index in [0.29, 0.717) is 38.5 Å². The molecule has 1 fully saturated rings. The van der Waals surface area contributed by atoms with Crippen LogP contribution >= 0.6 is 0 Å². The maximum Gasteiger partial charge on any atom is 0.224 e. The van der Waals surface area contributed by atoms with Gasteiger partial charge in [0.05, 0.1) is 30.4 Å². The van der Waals surface area contributed by atoms with Gasteiger partial charge >= 0.3 is 0 Å². The zero-order chi connectivity index (χ0) is 16.2. The Morgan fingerprint density at radius 1 is 1.39 bits per heavy atom. The highest BCUT2D eigenvalue weighted by atomic mass is 16.5. The Morgan fingerprint density at radius 3 is 3.04 bits per heavy atom. The topological polar surface area (TPSA) is 87.8 Å². The van der Waals surface area contributed by atoms with E-state index < -0.39 is 6.10 Å². The minimum Gasteiger partial charge on any atom is -0.389 e. The average molecular weight is 319 g/mol. The second-order valence-electron chi connectivity index (χ2n) is 5.64. The lowest BCUT2D eigenvalue weighted by Crippen LogP contribution is -2.38. The van der Waals surface area contributed by atoms with Crippen molar-refractivity contribution in [2.75, 3.05) is 26.3 Å². The number of para-hydroxylation sites is 2. The molecule has 1 aliphatic heterocycles. The molecule has 7 heteroatoms. The van der Waals surface area contributed by atoms with Crippen molar-refractivity contribution in [1.29, 1.82) is 0 Å². The van der Waals surface area contributed by atoms with Crippen LogP contribution in [0.5, 0.6) is 0 Å². The summed E-state index contributed by atoms with van der Waals surface area (Å²) in [7, 11) is 0. The highest BCUT2D eigenvalue weighted by Crippen LogP contribution is 2.17. The average Bonchev–Trinajstić information content (AvgIpc) is 2.78. The van der Waals surface area contributed by atoms with Gasteiger partial charge < -0.3 is 24.4 Å². The summed E-state index contributed by atoms with van der Waals surface area (Å²) in [5, 5.41) is 19.2. The number of nitrogens with zero attached hydrogens (tertiary/aromatic N) is 3. The molecule has 0 spiro atoms. The number of benzene rings is 1. The van der Waals surface area contributed by atoms with Crippen LogP contribution in [0, 0.1) is 0 Å². The fourth-order valence-corrected chi connectivity index (χ4v) is 2.88. The van der Waals surface area contributed by atoms with Crippen molar-refractivity contribution >= 4 is 16.9 Å². The number of aryl methyl sites for hydroxylation is 1. The molecule has 0 unspecified atom stereocenters. The number of amides is 1. The molecular formula is C16H21N3O4. The van der Waals surface area contributed by atoms with E-state index in [-0.39, 0.29) is 19.1 Å². The molecule has 3 rings (SSSR count). The van der Waals surface area contributed by atoms with Crippen LogP contribution in [0.15, 0.2) is 24.3 Å². The number of aliphatic hydroxyl groups excluding tert-OH is 2. The zero-order valence-electron chi connectivity index (χ0n) is 12.9. The van der Waals surface area contributed by atoms with Crippen molar-refractivity contribution in [1.82, 2.24) is 14.5 Å². The Balaban J connectivity index is 1.71. The first-order valence-corrected chi connectivity index (χ1v) is 7.77. The Bertz CT molecular complexity index is 685. The summed E-state index contributed by atoms with van der Waals surface area (Å²) in [4.78, 5) is 18.4. The van der Waals surface area contributed by atoms with Crippen molar-refractivity contribution in [2.24, 2.45) is 0 Å². The van der Waals surface area contributed by atoms with Crippen LogP contribution in [0.25, 0.3) is 11.0 Å². The summed E-state index contributed by atoms with van der Waals surface area (Å²) in [6.07, 6.45) is -0.344. The first-order chi connectivity index (χ1) is 11.2. The summed E-state index contributed by atoms with van der Waals surface area (Å²) in [5.74, 6) is 0.523. The van der Waals surface area contributed by atoms with E-state index in [0.717, 1.165) is 11.0 Å². The Morgan fingerprint density at radius 2 is 2.22 bits per heavy atom. The van der Waals surface area contributed by atoms with Crippen LogP contribution in [-0.2, 0) is 22.7 Å². The fourth-order valence-electron chi connectivity index (χ4n) is 2.88. The van der Waals surface area contributed by atoms with Crippen molar-refractivity contribution < 1.29 is 19.7 Å². The standard InChI is InChI=1S/C16H21N3O4/c20-10-15-17-13-3-1-2-4-14(13)19(15)6-5-16(22)18-7-8-23-11-12(21)9-18/h1-4,12,20-21H,5-11H2/t12-/m0/s1. The lowest BCUT2D eigenvalue weighted by molar-refractivity contribution is -0.132. The lowest BCUT2D eigenvalue weighted by Gasteiger charge is -2.21. The summed E-state index contributed by atoms with van der Waals surface area (Å²) < 4.78 is 7.11. The molecule has 23 heavy (non-hydrogen) atoms. The van der Waals surface area contributed by atoms with Gasteiger partial charge in [-0.25, -0.2) is 4.98 Å². The van der Waals surface area contributed by atoms with Gasteiger partial charge in [0, 0.05) is 26.1 Å². The number of aliphatic hydroxyl groups is 2. The second-order valence-corrected chi connectivity index (χ2v) is 5.64. The molecule has 124 valence electrons. The molecule has 0 radical (unpaired) electrons. The summed E-state index contributed by atoms with van der Waals surface area (Å²) in [5.41, 5.74) is 1.71. The molecule has 0 saturated carbocycles. The third-order valence-corrected chi connectivity index (χ3v) is 4.02. The number of hydrogen-bond acceptors (Lipinski definition) is 5.